The number of aromatic nitrogens is 6. The third-order valence-electron chi connectivity index (χ3n) is 16.5. The number of nitrogens with zero attached hydrogens (tertiary/aromatic N) is 12. The van der Waals surface area contributed by atoms with Crippen LogP contribution in [0.25, 0.3) is 66.2 Å². The van der Waals surface area contributed by atoms with Crippen molar-refractivity contribution in [2.45, 2.75) is 121 Å². The maximum Gasteiger partial charge on any atom is 0.227 e. The van der Waals surface area contributed by atoms with Gasteiger partial charge in [-0.05, 0) is 179 Å². The number of hydrogen-bond acceptors (Lipinski definition) is 15. The molecule has 0 aliphatic carbocycles. The van der Waals surface area contributed by atoms with Gasteiger partial charge in [-0.3, -0.25) is 0 Å². The molecule has 0 N–H and O–H groups in total. The first kappa shape index (κ1) is 49.8. The van der Waals surface area contributed by atoms with Gasteiger partial charge < -0.3 is 42.7 Å². The smallest absolute Gasteiger partial charge is 0.227 e. The van der Waals surface area contributed by atoms with E-state index in [-0.39, 0.29) is 18.5 Å². The number of aryl methyl sites for hydroxylation is 6. The third kappa shape index (κ3) is 8.13. The van der Waals surface area contributed by atoms with E-state index >= 15 is 0 Å². The molecule has 15 heteroatoms. The van der Waals surface area contributed by atoms with E-state index in [9.17, 15) is 0 Å². The number of pyridine rings is 6. The lowest BCUT2D eigenvalue weighted by Gasteiger charge is -2.33. The Balaban J connectivity index is 0.000000118. The lowest BCUT2D eigenvalue weighted by Crippen LogP contribution is -2.42. The highest BCUT2D eigenvalue weighted by molar-refractivity contribution is 6.12. The molecule has 3 atom stereocenters. The largest absolute Gasteiger partial charge is 0.435 e. The normalized spacial score (nSPS) is 17.2. The minimum atomic E-state index is -0.791. The van der Waals surface area contributed by atoms with Gasteiger partial charge in [0.1, 0.15) is 18.5 Å². The fourth-order valence-corrected chi connectivity index (χ4v) is 12.6. The number of hydrogen-bond donors (Lipinski definition) is 0. The van der Waals surface area contributed by atoms with Gasteiger partial charge in [-0.2, -0.15) is 0 Å². The van der Waals surface area contributed by atoms with Gasteiger partial charge in [0.15, 0.2) is 34.2 Å². The molecule has 3 aromatic carbocycles. The summed E-state index contributed by atoms with van der Waals surface area (Å²) in [7, 11) is 2.10. The lowest BCUT2D eigenvalue weighted by molar-refractivity contribution is 0.601. The predicted octanol–water partition coefficient (Wildman–Crippen LogP) is 16.3. The second-order valence-electron chi connectivity index (χ2n) is 22.3. The van der Waals surface area contributed by atoms with E-state index in [4.69, 9.17) is 26.0 Å². The Morgan fingerprint density at radius 2 is 0.707 bits per heavy atom. The molecule has 3 unspecified atom stereocenters. The summed E-state index contributed by atoms with van der Waals surface area (Å²) >= 11 is 0. The topological polar surface area (TPSA) is 136 Å². The molecule has 3 aliphatic heterocycles. The van der Waals surface area contributed by atoms with E-state index in [0.717, 1.165) is 134 Å². The standard InChI is InChI=1S/2C23H24N4O.C21H20N4O/c2*1-13(2)26-16(5)27(22-19(26)7-6-12-24-22)20-14(3)8-10-17-18-11-9-15(4)25-23(18)28-21(17)20;1-12-7-9-15-16-10-8-13(2)23-21(16)26-19(15)18(12)25-14(3)24(4)17-6-5-11-22-20(17)25/h2*6-13,16H,1-5H3;5-11,14H,1-4H3/i2*13D;. The zero-order valence-electron chi connectivity index (χ0n) is 50.9. The maximum atomic E-state index is 8.71. The molecule has 0 fully saturated rings. The van der Waals surface area contributed by atoms with E-state index in [1.54, 1.807) is 12.4 Å². The highest BCUT2D eigenvalue weighted by atomic mass is 16.3. The fourth-order valence-electron chi connectivity index (χ4n) is 12.6. The Morgan fingerprint density at radius 1 is 0.402 bits per heavy atom. The fraction of sp³-hybridized carbons (Fsp3) is 0.284. The van der Waals surface area contributed by atoms with Crippen LogP contribution in [-0.4, -0.2) is 67.5 Å². The molecule has 82 heavy (non-hydrogen) atoms. The first-order valence-corrected chi connectivity index (χ1v) is 28.0. The van der Waals surface area contributed by atoms with Crippen LogP contribution in [0.5, 0.6) is 0 Å². The zero-order valence-corrected chi connectivity index (χ0v) is 48.9. The average Bonchev–Trinajstić information content (AvgIpc) is 1.82. The Hall–Kier alpha value is -9.24. The number of benzene rings is 3. The molecule has 15 nitrogen and oxygen atoms in total. The minimum absolute atomic E-state index is 0.0837. The summed E-state index contributed by atoms with van der Waals surface area (Å²) < 4.78 is 36.3. The third-order valence-corrected chi connectivity index (χ3v) is 16.5. The van der Waals surface area contributed by atoms with Gasteiger partial charge in [0, 0.05) is 87.1 Å². The summed E-state index contributed by atoms with van der Waals surface area (Å²) in [5, 5.41) is 6.25. The molecule has 9 aromatic heterocycles. The van der Waals surface area contributed by atoms with Crippen LogP contribution in [-0.2, 0) is 0 Å². The highest BCUT2D eigenvalue weighted by Gasteiger charge is 2.41. The monoisotopic (exact) mass is 1090 g/mol. The van der Waals surface area contributed by atoms with E-state index in [2.05, 4.69) is 159 Å². The van der Waals surface area contributed by atoms with E-state index in [0.29, 0.717) is 17.1 Å². The molecule has 0 saturated heterocycles. The minimum Gasteiger partial charge on any atom is -0.435 e. The molecule has 0 radical (unpaired) electrons. The molecule has 15 rings (SSSR count). The molecule has 12 heterocycles. The van der Waals surface area contributed by atoms with Crippen LogP contribution in [0.15, 0.2) is 141 Å². The molecule has 0 saturated carbocycles. The van der Waals surface area contributed by atoms with Gasteiger partial charge in [-0.1, -0.05) is 36.4 Å². The van der Waals surface area contributed by atoms with Crippen molar-refractivity contribution in [3.63, 3.8) is 0 Å². The maximum absolute atomic E-state index is 8.71. The molecule has 0 spiro atoms. The Morgan fingerprint density at radius 3 is 1.05 bits per heavy atom. The van der Waals surface area contributed by atoms with Crippen LogP contribution < -0.4 is 29.4 Å². The van der Waals surface area contributed by atoms with E-state index in [1.165, 1.54) is 0 Å². The average molecular weight is 1090 g/mol. The van der Waals surface area contributed by atoms with Crippen LogP contribution in [0.4, 0.5) is 51.6 Å². The lowest BCUT2D eigenvalue weighted by atomic mass is 10.1. The van der Waals surface area contributed by atoms with Crippen LogP contribution >= 0.6 is 0 Å². The van der Waals surface area contributed by atoms with Gasteiger partial charge in [0.05, 0.1) is 36.9 Å². The predicted molar refractivity (Wildman–Crippen MR) is 334 cm³/mol. The van der Waals surface area contributed by atoms with Gasteiger partial charge >= 0.3 is 0 Å². The molecule has 414 valence electrons. The Labute approximate surface area is 480 Å². The highest BCUT2D eigenvalue weighted by Crippen LogP contribution is 2.51. The van der Waals surface area contributed by atoms with Crippen molar-refractivity contribution >= 4 is 118 Å². The van der Waals surface area contributed by atoms with Crippen molar-refractivity contribution in [3.8, 4) is 0 Å². The summed E-state index contributed by atoms with van der Waals surface area (Å²) in [4.78, 5) is 40.9. The van der Waals surface area contributed by atoms with Crippen molar-refractivity contribution in [1.82, 2.24) is 29.9 Å². The molecule has 0 bridgehead atoms. The summed E-state index contributed by atoms with van der Waals surface area (Å²) in [6, 6.07) is 35.4. The zero-order chi connectivity index (χ0) is 59.0. The van der Waals surface area contributed by atoms with E-state index in [1.807, 2.05) is 103 Å². The number of furan rings is 3. The molecule has 3 aliphatic rings. The molecule has 12 aromatic rings. The van der Waals surface area contributed by atoms with E-state index < -0.39 is 12.0 Å². The van der Waals surface area contributed by atoms with Crippen molar-refractivity contribution in [2.24, 2.45) is 0 Å². The van der Waals surface area contributed by atoms with Crippen LogP contribution in [0.2, 0.25) is 0 Å². The van der Waals surface area contributed by atoms with Gasteiger partial charge in [0.25, 0.3) is 0 Å². The summed E-state index contributed by atoms with van der Waals surface area (Å²) in [5.74, 6) is 2.66. The number of anilines is 9. The van der Waals surface area contributed by atoms with Crippen LogP contribution in [0.3, 0.4) is 0 Å². The second-order valence-corrected chi connectivity index (χ2v) is 22.3. The summed E-state index contributed by atoms with van der Waals surface area (Å²) in [6.07, 6.45) is 5.43. The first-order valence-electron chi connectivity index (χ1n) is 29.0. The SMILES string of the molecule is Cc1ccc2c(n1)oc1c(N3c4ncccc4N(C)C3C)c(C)ccc12.[2H]C(C)(C)N1c2cccnc2N(c2c(C)ccc3c2oc2nc(C)ccc23)C1C.[2H]C(C)(C)N1c2cccnc2N(c2c(C)ccc3c2oc2nc(C)ccc23)C1C. The number of rotatable bonds is 5. The van der Waals surface area contributed by atoms with Crippen LogP contribution in [0.1, 0.15) is 85.0 Å². The van der Waals surface area contributed by atoms with Crippen LogP contribution in [0, 0.1) is 41.5 Å². The number of fused-ring (bicyclic) bond motifs is 12. The van der Waals surface area contributed by atoms with Gasteiger partial charge in [-0.25, -0.2) is 29.9 Å². The Bertz CT molecular complexity index is 4400. The summed E-state index contributed by atoms with van der Waals surface area (Å²) in [5.41, 5.74) is 16.7. The molecule has 0 amide bonds. The summed E-state index contributed by atoms with van der Waals surface area (Å²) in [6.45, 7) is 26.3. The second kappa shape index (κ2) is 19.8. The van der Waals surface area contributed by atoms with Crippen molar-refractivity contribution in [3.05, 3.63) is 162 Å². The first-order chi connectivity index (χ1) is 40.1. The van der Waals surface area contributed by atoms with Gasteiger partial charge in [0.2, 0.25) is 17.1 Å². The van der Waals surface area contributed by atoms with Crippen molar-refractivity contribution < 1.29 is 16.0 Å². The molecular weight excluding hydrogens is 1020 g/mol. The van der Waals surface area contributed by atoms with Crippen molar-refractivity contribution in [2.75, 3.05) is 36.4 Å². The van der Waals surface area contributed by atoms with Gasteiger partial charge in [-0.15, -0.1) is 0 Å². The molecular formula is C67H68N12O3. The van der Waals surface area contributed by atoms with Crippen molar-refractivity contribution in [1.29, 1.82) is 0 Å². The Kier molecular flexibility index (Phi) is 12.0. The quantitative estimate of drug-likeness (QED) is 0.162.